The van der Waals surface area contributed by atoms with E-state index < -0.39 is 30.0 Å². The van der Waals surface area contributed by atoms with Crippen LogP contribution in [0.5, 0.6) is 0 Å². The fraction of sp³-hybridized carbons (Fsp3) is 0.0909. The van der Waals surface area contributed by atoms with E-state index in [1.165, 1.54) is 12.4 Å². The molecule has 2 rings (SSSR count). The molecule has 18 heavy (non-hydrogen) atoms. The number of hydrogen-bond acceptors (Lipinski definition) is 2. The third-order valence-electron chi connectivity index (χ3n) is 2.30. The summed E-state index contributed by atoms with van der Waals surface area (Å²) in [5, 5.41) is 8.65. The fourth-order valence-electron chi connectivity index (χ4n) is 1.53. The molecule has 2 aromatic rings. The van der Waals surface area contributed by atoms with Gasteiger partial charge in [-0.2, -0.15) is 0 Å². The van der Waals surface area contributed by atoms with Crippen LogP contribution >= 0.6 is 0 Å². The molecule has 0 amide bonds. The van der Waals surface area contributed by atoms with Crippen LogP contribution in [0, 0.1) is 17.5 Å². The van der Waals surface area contributed by atoms with E-state index >= 15 is 0 Å². The van der Waals surface area contributed by atoms with Crippen LogP contribution in [0.3, 0.4) is 0 Å². The minimum atomic E-state index is -1.61. The van der Waals surface area contributed by atoms with Crippen molar-refractivity contribution in [2.24, 2.45) is 0 Å². The minimum Gasteiger partial charge on any atom is -0.480 e. The number of aromatic nitrogens is 2. The zero-order chi connectivity index (χ0) is 13.3. The Balaban J connectivity index is 2.53. The maximum atomic E-state index is 13.5. The van der Waals surface area contributed by atoms with Crippen LogP contribution in [0.2, 0.25) is 0 Å². The summed E-state index contributed by atoms with van der Waals surface area (Å²) in [5.41, 5.74) is -0.292. The second-order valence-electron chi connectivity index (χ2n) is 3.50. The van der Waals surface area contributed by atoms with Gasteiger partial charge in [-0.1, -0.05) is 0 Å². The van der Waals surface area contributed by atoms with E-state index in [2.05, 4.69) is 4.98 Å². The van der Waals surface area contributed by atoms with Gasteiger partial charge in [-0.25, -0.2) is 18.2 Å². The molecular weight excluding hydrogens is 249 g/mol. The molecule has 0 bridgehead atoms. The molecule has 0 saturated carbocycles. The predicted octanol–water partition coefficient (Wildman–Crippen LogP) is 2.05. The molecule has 1 N–H and O–H groups in total. The van der Waals surface area contributed by atoms with Crippen molar-refractivity contribution in [2.75, 3.05) is 0 Å². The van der Waals surface area contributed by atoms with Gasteiger partial charge in [0.15, 0.2) is 17.5 Å². The summed E-state index contributed by atoms with van der Waals surface area (Å²) in [5.74, 6) is -5.55. The summed E-state index contributed by atoms with van der Waals surface area (Å²) in [6.07, 6.45) is 2.56. The number of imidazole rings is 1. The van der Waals surface area contributed by atoms with Gasteiger partial charge in [-0.15, -0.1) is 0 Å². The molecule has 0 saturated heterocycles. The number of aliphatic carboxylic acids is 1. The van der Waals surface area contributed by atoms with E-state index in [1.54, 1.807) is 0 Å². The highest BCUT2D eigenvalue weighted by Crippen LogP contribution is 2.24. The molecule has 0 aliphatic heterocycles. The number of benzene rings is 1. The van der Waals surface area contributed by atoms with Gasteiger partial charge in [-0.3, -0.25) is 4.79 Å². The Morgan fingerprint density at radius 2 is 2.00 bits per heavy atom. The third-order valence-corrected chi connectivity index (χ3v) is 2.30. The lowest BCUT2D eigenvalue weighted by Gasteiger charge is -2.06. The van der Waals surface area contributed by atoms with E-state index in [4.69, 9.17) is 5.11 Å². The first-order valence-corrected chi connectivity index (χ1v) is 4.87. The average Bonchev–Trinajstić information content (AvgIpc) is 2.73. The van der Waals surface area contributed by atoms with Gasteiger partial charge in [0.2, 0.25) is 0 Å². The van der Waals surface area contributed by atoms with E-state index in [0.29, 0.717) is 0 Å². The van der Waals surface area contributed by atoms with Crippen LogP contribution in [0.25, 0.3) is 11.4 Å². The molecule has 0 spiro atoms. The molecule has 94 valence electrons. The molecule has 0 unspecified atom stereocenters. The number of carboxylic acid groups (broad SMARTS) is 1. The zero-order valence-corrected chi connectivity index (χ0v) is 8.90. The topological polar surface area (TPSA) is 55.1 Å². The summed E-state index contributed by atoms with van der Waals surface area (Å²) in [4.78, 5) is 14.3. The number of halogens is 3. The van der Waals surface area contributed by atoms with Crippen LogP contribution in [0.1, 0.15) is 0 Å². The Labute approximate surface area is 99.3 Å². The maximum absolute atomic E-state index is 13.5. The minimum absolute atomic E-state index is 0.0752. The van der Waals surface area contributed by atoms with E-state index in [9.17, 15) is 18.0 Å². The van der Waals surface area contributed by atoms with Crippen molar-refractivity contribution in [3.8, 4) is 11.4 Å². The van der Waals surface area contributed by atoms with Gasteiger partial charge < -0.3 is 9.67 Å². The standard InChI is InChI=1S/C11H7F3N2O2/c12-7-2-1-6(9(13)10(7)14)11-15-3-4-16(11)5-8(17)18/h1-4H,5H2,(H,17,18). The lowest BCUT2D eigenvalue weighted by atomic mass is 10.2. The molecule has 0 fully saturated rings. The first kappa shape index (κ1) is 12.2. The van der Waals surface area contributed by atoms with Crippen molar-refractivity contribution in [1.29, 1.82) is 0 Å². The molecule has 7 heteroatoms. The molecule has 1 aromatic heterocycles. The SMILES string of the molecule is O=C(O)Cn1ccnc1-c1ccc(F)c(F)c1F. The Kier molecular flexibility index (Phi) is 3.05. The lowest BCUT2D eigenvalue weighted by molar-refractivity contribution is -0.137. The molecule has 1 aromatic carbocycles. The van der Waals surface area contributed by atoms with Crippen LogP contribution < -0.4 is 0 Å². The van der Waals surface area contributed by atoms with Gasteiger partial charge in [0, 0.05) is 12.4 Å². The number of carboxylic acids is 1. The van der Waals surface area contributed by atoms with Gasteiger partial charge in [0.1, 0.15) is 12.4 Å². The zero-order valence-electron chi connectivity index (χ0n) is 8.90. The van der Waals surface area contributed by atoms with Crippen molar-refractivity contribution < 1.29 is 23.1 Å². The lowest BCUT2D eigenvalue weighted by Crippen LogP contribution is -2.10. The molecule has 4 nitrogen and oxygen atoms in total. The largest absolute Gasteiger partial charge is 0.480 e. The number of carbonyl (C=O) groups is 1. The normalized spacial score (nSPS) is 10.6. The van der Waals surface area contributed by atoms with Gasteiger partial charge in [-0.05, 0) is 12.1 Å². The number of nitrogens with zero attached hydrogens (tertiary/aromatic N) is 2. The molecule has 0 atom stereocenters. The number of rotatable bonds is 3. The fourth-order valence-corrected chi connectivity index (χ4v) is 1.53. The molecule has 0 aliphatic rings. The maximum Gasteiger partial charge on any atom is 0.323 e. The van der Waals surface area contributed by atoms with Crippen molar-refractivity contribution in [3.05, 3.63) is 42.0 Å². The summed E-state index contributed by atoms with van der Waals surface area (Å²) >= 11 is 0. The second kappa shape index (κ2) is 4.52. The monoisotopic (exact) mass is 256 g/mol. The Bertz CT molecular complexity index is 610. The van der Waals surface area contributed by atoms with E-state index in [0.717, 1.165) is 16.7 Å². The van der Waals surface area contributed by atoms with Crippen LogP contribution in [0.15, 0.2) is 24.5 Å². The summed E-state index contributed by atoms with van der Waals surface area (Å²) in [7, 11) is 0. The highest BCUT2D eigenvalue weighted by atomic mass is 19.2. The Morgan fingerprint density at radius 3 is 2.67 bits per heavy atom. The van der Waals surface area contributed by atoms with Crippen LogP contribution in [-0.4, -0.2) is 20.6 Å². The van der Waals surface area contributed by atoms with E-state index in [-0.39, 0.29) is 11.4 Å². The Morgan fingerprint density at radius 1 is 1.28 bits per heavy atom. The summed E-state index contributed by atoms with van der Waals surface area (Å²) in [6.45, 7) is -0.451. The second-order valence-corrected chi connectivity index (χ2v) is 3.50. The molecular formula is C11H7F3N2O2. The third kappa shape index (κ3) is 2.06. The summed E-state index contributed by atoms with van der Waals surface area (Å²) in [6, 6.07) is 1.77. The van der Waals surface area contributed by atoms with Crippen LogP contribution in [-0.2, 0) is 11.3 Å². The quantitative estimate of drug-likeness (QED) is 0.855. The molecule has 0 radical (unpaired) electrons. The van der Waals surface area contributed by atoms with Gasteiger partial charge in [0.25, 0.3) is 0 Å². The summed E-state index contributed by atoms with van der Waals surface area (Å²) < 4.78 is 40.5. The first-order chi connectivity index (χ1) is 8.50. The van der Waals surface area contributed by atoms with Crippen molar-refractivity contribution >= 4 is 5.97 Å². The van der Waals surface area contributed by atoms with E-state index in [1.807, 2.05) is 0 Å². The number of hydrogen-bond donors (Lipinski definition) is 1. The van der Waals surface area contributed by atoms with Crippen molar-refractivity contribution in [1.82, 2.24) is 9.55 Å². The van der Waals surface area contributed by atoms with Crippen molar-refractivity contribution in [2.45, 2.75) is 6.54 Å². The average molecular weight is 256 g/mol. The van der Waals surface area contributed by atoms with Crippen molar-refractivity contribution in [3.63, 3.8) is 0 Å². The van der Waals surface area contributed by atoms with Gasteiger partial charge >= 0.3 is 5.97 Å². The Hall–Kier alpha value is -2.31. The molecule has 1 heterocycles. The predicted molar refractivity (Wildman–Crippen MR) is 55.2 cm³/mol. The van der Waals surface area contributed by atoms with Crippen LogP contribution in [0.4, 0.5) is 13.2 Å². The smallest absolute Gasteiger partial charge is 0.323 e. The van der Waals surface area contributed by atoms with Gasteiger partial charge in [0.05, 0.1) is 5.56 Å². The molecule has 0 aliphatic carbocycles. The highest BCUT2D eigenvalue weighted by molar-refractivity contribution is 5.68. The highest BCUT2D eigenvalue weighted by Gasteiger charge is 2.18. The first-order valence-electron chi connectivity index (χ1n) is 4.87.